The maximum atomic E-state index is 11.9. The summed E-state index contributed by atoms with van der Waals surface area (Å²) in [5.41, 5.74) is 1.27. The molecule has 6 heteroatoms. The van der Waals surface area contributed by atoms with Crippen LogP contribution in [0.3, 0.4) is 0 Å². The van der Waals surface area contributed by atoms with Crippen LogP contribution in [0.15, 0.2) is 28.8 Å². The summed E-state index contributed by atoms with van der Waals surface area (Å²) in [4.78, 5) is 22.4. The van der Waals surface area contributed by atoms with Gasteiger partial charge in [-0.3, -0.25) is 9.59 Å². The third kappa shape index (κ3) is 4.30. The number of nitrogens with zero attached hydrogens (tertiary/aromatic N) is 1. The van der Waals surface area contributed by atoms with Gasteiger partial charge in [0.15, 0.2) is 5.58 Å². The fourth-order valence-electron chi connectivity index (χ4n) is 2.04. The quantitative estimate of drug-likeness (QED) is 0.813. The predicted molar refractivity (Wildman–Crippen MR) is 76.8 cm³/mol. The van der Waals surface area contributed by atoms with Crippen molar-refractivity contribution in [1.82, 2.24) is 10.5 Å². The van der Waals surface area contributed by atoms with E-state index in [1.807, 2.05) is 25.1 Å². The number of amides is 1. The second kappa shape index (κ2) is 6.88. The minimum Gasteiger partial charge on any atom is -0.481 e. The lowest BCUT2D eigenvalue weighted by atomic mass is 10.1. The zero-order valence-corrected chi connectivity index (χ0v) is 11.8. The molecule has 112 valence electrons. The first kappa shape index (κ1) is 15.0. The second-order valence-electron chi connectivity index (χ2n) is 5.14. The molecule has 1 amide bonds. The Kier molecular flexibility index (Phi) is 4.92. The Morgan fingerprint density at radius 1 is 1.38 bits per heavy atom. The van der Waals surface area contributed by atoms with Crippen LogP contribution >= 0.6 is 0 Å². The van der Waals surface area contributed by atoms with Crippen LogP contribution in [-0.2, 0) is 16.0 Å². The van der Waals surface area contributed by atoms with Gasteiger partial charge >= 0.3 is 5.97 Å². The Morgan fingerprint density at radius 2 is 2.14 bits per heavy atom. The number of fused-ring (bicyclic) bond motifs is 1. The highest BCUT2D eigenvalue weighted by molar-refractivity contribution is 5.86. The van der Waals surface area contributed by atoms with Crippen molar-refractivity contribution in [3.05, 3.63) is 30.0 Å². The number of hydrogen-bond donors (Lipinski definition) is 2. The number of carbonyl (C=O) groups is 2. The standard InChI is InChI=1S/C15H18N2O4/c1-10(6-7-15(19)20)9-16-14(18)8-12-11-4-2-3-5-13(11)21-17-12/h2-5,10H,6-9H2,1H3,(H,16,18)(H,19,20). The third-order valence-electron chi connectivity index (χ3n) is 3.28. The van der Waals surface area contributed by atoms with Crippen LogP contribution in [0.2, 0.25) is 0 Å². The molecule has 0 fully saturated rings. The summed E-state index contributed by atoms with van der Waals surface area (Å²) in [6.07, 6.45) is 0.816. The highest BCUT2D eigenvalue weighted by Crippen LogP contribution is 2.18. The number of benzene rings is 1. The van der Waals surface area contributed by atoms with Gasteiger partial charge in [0, 0.05) is 18.4 Å². The Labute approximate surface area is 122 Å². The van der Waals surface area contributed by atoms with Gasteiger partial charge < -0.3 is 14.9 Å². The van der Waals surface area contributed by atoms with Crippen LogP contribution in [0.25, 0.3) is 11.0 Å². The monoisotopic (exact) mass is 290 g/mol. The van der Waals surface area contributed by atoms with Crippen molar-refractivity contribution in [3.63, 3.8) is 0 Å². The fourth-order valence-corrected chi connectivity index (χ4v) is 2.04. The number of carboxylic acids is 1. The van der Waals surface area contributed by atoms with Crippen LogP contribution in [0.4, 0.5) is 0 Å². The van der Waals surface area contributed by atoms with Crippen LogP contribution < -0.4 is 5.32 Å². The van der Waals surface area contributed by atoms with Crippen LogP contribution in [0.1, 0.15) is 25.5 Å². The zero-order chi connectivity index (χ0) is 15.2. The van der Waals surface area contributed by atoms with Crippen molar-refractivity contribution in [2.45, 2.75) is 26.2 Å². The van der Waals surface area contributed by atoms with Crippen LogP contribution in [0, 0.1) is 5.92 Å². The molecule has 2 rings (SSSR count). The molecule has 0 saturated heterocycles. The lowest BCUT2D eigenvalue weighted by Crippen LogP contribution is -2.29. The first-order chi connectivity index (χ1) is 10.1. The van der Waals surface area contributed by atoms with E-state index in [1.165, 1.54) is 0 Å². The normalized spacial score (nSPS) is 12.2. The minimum absolute atomic E-state index is 0.116. The summed E-state index contributed by atoms with van der Waals surface area (Å²) in [5.74, 6) is -0.836. The Morgan fingerprint density at radius 3 is 2.90 bits per heavy atom. The molecule has 0 bridgehead atoms. The van der Waals surface area contributed by atoms with E-state index < -0.39 is 5.97 Å². The minimum atomic E-state index is -0.817. The molecule has 6 nitrogen and oxygen atoms in total. The zero-order valence-electron chi connectivity index (χ0n) is 11.8. The predicted octanol–water partition coefficient (Wildman–Crippen LogP) is 1.99. The van der Waals surface area contributed by atoms with E-state index in [4.69, 9.17) is 9.63 Å². The van der Waals surface area contributed by atoms with Gasteiger partial charge in [-0.1, -0.05) is 24.2 Å². The number of aliphatic carboxylic acids is 1. The van der Waals surface area contributed by atoms with E-state index in [1.54, 1.807) is 6.07 Å². The topological polar surface area (TPSA) is 92.4 Å². The average Bonchev–Trinajstić information content (AvgIpc) is 2.86. The van der Waals surface area contributed by atoms with E-state index in [9.17, 15) is 9.59 Å². The molecule has 1 aromatic carbocycles. The highest BCUT2D eigenvalue weighted by Gasteiger charge is 2.13. The van der Waals surface area contributed by atoms with Gasteiger partial charge in [0.05, 0.1) is 6.42 Å². The summed E-state index contributed by atoms with van der Waals surface area (Å²) in [5, 5.41) is 16.1. The van der Waals surface area contributed by atoms with Gasteiger partial charge in [-0.2, -0.15) is 0 Å². The number of carboxylic acid groups (broad SMARTS) is 1. The van der Waals surface area contributed by atoms with Crippen LogP contribution in [0.5, 0.6) is 0 Å². The van der Waals surface area contributed by atoms with Gasteiger partial charge in [-0.05, 0) is 24.5 Å². The largest absolute Gasteiger partial charge is 0.481 e. The summed E-state index contributed by atoms with van der Waals surface area (Å²) in [6.45, 7) is 2.37. The molecule has 0 aliphatic rings. The third-order valence-corrected chi connectivity index (χ3v) is 3.28. The fraction of sp³-hybridized carbons (Fsp3) is 0.400. The number of hydrogen-bond acceptors (Lipinski definition) is 4. The van der Waals surface area contributed by atoms with Gasteiger partial charge in [0.25, 0.3) is 0 Å². The second-order valence-corrected chi connectivity index (χ2v) is 5.14. The molecule has 0 aliphatic heterocycles. The smallest absolute Gasteiger partial charge is 0.303 e. The van der Waals surface area contributed by atoms with E-state index in [2.05, 4.69) is 10.5 Å². The maximum Gasteiger partial charge on any atom is 0.303 e. The van der Waals surface area contributed by atoms with Gasteiger partial charge in [0.1, 0.15) is 5.69 Å². The first-order valence-electron chi connectivity index (χ1n) is 6.88. The molecule has 1 atom stereocenters. The first-order valence-corrected chi connectivity index (χ1v) is 6.88. The van der Waals surface area contributed by atoms with E-state index >= 15 is 0 Å². The van der Waals surface area contributed by atoms with Gasteiger partial charge in [-0.15, -0.1) is 0 Å². The summed E-state index contributed by atoms with van der Waals surface area (Å²) >= 11 is 0. The maximum absolute atomic E-state index is 11.9. The summed E-state index contributed by atoms with van der Waals surface area (Å²) in [6, 6.07) is 7.39. The Bertz CT molecular complexity index is 635. The molecule has 1 aromatic heterocycles. The number of rotatable bonds is 7. The molecule has 2 aromatic rings. The van der Waals surface area contributed by atoms with E-state index in [0.29, 0.717) is 24.2 Å². The SMILES string of the molecule is CC(CCC(=O)O)CNC(=O)Cc1noc2ccccc12. The van der Waals surface area contributed by atoms with Crippen molar-refractivity contribution >= 4 is 22.8 Å². The molecule has 0 radical (unpaired) electrons. The molecule has 21 heavy (non-hydrogen) atoms. The van der Waals surface area contributed by atoms with Crippen molar-refractivity contribution in [1.29, 1.82) is 0 Å². The molecule has 0 spiro atoms. The highest BCUT2D eigenvalue weighted by atomic mass is 16.5. The molecule has 0 saturated carbocycles. The van der Waals surface area contributed by atoms with Gasteiger partial charge in [-0.25, -0.2) is 0 Å². The summed E-state index contributed by atoms with van der Waals surface area (Å²) in [7, 11) is 0. The van der Waals surface area contributed by atoms with Crippen molar-refractivity contribution in [3.8, 4) is 0 Å². The number of nitrogens with one attached hydrogen (secondary N) is 1. The Hall–Kier alpha value is -2.37. The van der Waals surface area contributed by atoms with E-state index in [0.717, 1.165) is 5.39 Å². The van der Waals surface area contributed by atoms with E-state index in [-0.39, 0.29) is 24.7 Å². The molecular formula is C15H18N2O4. The lowest BCUT2D eigenvalue weighted by Gasteiger charge is -2.10. The molecular weight excluding hydrogens is 272 g/mol. The van der Waals surface area contributed by atoms with Crippen molar-refractivity contribution in [2.75, 3.05) is 6.54 Å². The summed E-state index contributed by atoms with van der Waals surface area (Å²) < 4.78 is 5.15. The lowest BCUT2D eigenvalue weighted by molar-refractivity contribution is -0.137. The number of carbonyl (C=O) groups excluding carboxylic acids is 1. The van der Waals surface area contributed by atoms with Crippen molar-refractivity contribution in [2.24, 2.45) is 5.92 Å². The van der Waals surface area contributed by atoms with Crippen molar-refractivity contribution < 1.29 is 19.2 Å². The van der Waals surface area contributed by atoms with Crippen LogP contribution in [-0.4, -0.2) is 28.7 Å². The molecule has 2 N–H and O–H groups in total. The number of para-hydroxylation sites is 1. The molecule has 1 unspecified atom stereocenters. The Balaban J connectivity index is 1.83. The molecule has 0 aliphatic carbocycles. The average molecular weight is 290 g/mol. The molecule has 1 heterocycles. The van der Waals surface area contributed by atoms with Gasteiger partial charge in [0.2, 0.25) is 5.91 Å². The number of aromatic nitrogens is 1.